The number of aryl methyl sites for hydroxylation is 13. The number of hydrogen-bond acceptors (Lipinski definition) is 22. The topological polar surface area (TPSA) is 236 Å². The van der Waals surface area contributed by atoms with E-state index in [-0.39, 0.29) is 0 Å². The van der Waals surface area contributed by atoms with Gasteiger partial charge in [0.05, 0.1) is 88.0 Å². The summed E-state index contributed by atoms with van der Waals surface area (Å²) < 4.78 is 48.6. The van der Waals surface area contributed by atoms with Gasteiger partial charge in [0.2, 0.25) is 0 Å². The maximum Gasteiger partial charge on any atom is 0.161 e. The fourth-order valence-corrected chi connectivity index (χ4v) is 19.1. The number of anilines is 4. The Morgan fingerprint density at radius 3 is 1.24 bits per heavy atom. The van der Waals surface area contributed by atoms with Gasteiger partial charge in [-0.25, -0.2) is 0 Å². The largest absolute Gasteiger partial charge is 0.494 e. The summed E-state index contributed by atoms with van der Waals surface area (Å²) in [5.41, 5.74) is 18.6. The van der Waals surface area contributed by atoms with Gasteiger partial charge in [0.25, 0.3) is 0 Å². The summed E-state index contributed by atoms with van der Waals surface area (Å²) in [6.45, 7) is 55.0. The quantitative estimate of drug-likeness (QED) is 0.0342. The number of aromatic nitrogens is 12. The molecule has 676 valence electrons. The SMILES string of the molecule is CCOc1ccc(-n2c(C)c3c(C)nnc(N4CCC(N5CCCCC5)CC4)c3c2C)c(OC)c1.CCOc1ccc(-n2c(C)c3c(C)nnc(NCCCc4ccccc4)c3c2C)cc1.CCOc1ccc(-n2c(C)c3c(C)nnc(NCCN(CC)CC)c3c2C)c(OC)c1.CCOc1ccc(-n2c(C)c3c(C)nnc(NCCN4CCOCC4)c3c2C)cc1. The Morgan fingerprint density at radius 1 is 0.394 bits per heavy atom. The monoisotopic (exact) mass is 1730 g/mol. The molecule has 0 saturated carbocycles. The van der Waals surface area contributed by atoms with Crippen LogP contribution in [0.2, 0.25) is 0 Å². The second kappa shape index (κ2) is 43.8. The van der Waals surface area contributed by atoms with E-state index >= 15 is 0 Å². The molecule has 3 N–H and O–H groups in total. The minimum absolute atomic E-state index is 0.618. The van der Waals surface area contributed by atoms with E-state index in [2.05, 4.69) is 226 Å². The normalized spacial score (nSPS) is 13.9. The van der Waals surface area contributed by atoms with Crippen molar-refractivity contribution in [3.8, 4) is 57.2 Å². The molecule has 8 aromatic heterocycles. The zero-order chi connectivity index (χ0) is 90.0. The van der Waals surface area contributed by atoms with Crippen LogP contribution in [0.5, 0.6) is 34.5 Å². The van der Waals surface area contributed by atoms with E-state index in [0.717, 1.165) is 240 Å². The Balaban J connectivity index is 0.000000145. The van der Waals surface area contributed by atoms with E-state index in [1.54, 1.807) is 14.2 Å². The zero-order valence-corrected chi connectivity index (χ0v) is 78.9. The lowest BCUT2D eigenvalue weighted by Gasteiger charge is -2.40. The second-order valence-electron chi connectivity index (χ2n) is 33.1. The van der Waals surface area contributed by atoms with E-state index in [4.69, 9.17) is 38.3 Å². The number of nitrogens with zero attached hydrogens (tertiary/aromatic N) is 16. The molecule has 3 fully saturated rings. The molecule has 5 aromatic carbocycles. The standard InChI is InChI=1S/C28H39N5O2.C26H30N4O.C24H35N5O2.C23H31N5O2/c1-6-35-23-10-11-24(25(18-23)34-5)33-20(3)26-19(2)29-30-28(27(26)21(33)4)32-16-12-22(13-17-32)31-14-8-7-9-15-31;1-5-31-23-15-13-22(14-16-23)30-19(3)24-18(2)28-29-26(25(24)20(30)4)27-17-9-12-21-10-7-6-8-11-21;1-8-28(9-2)14-13-25-24-23-18(6)29(17(5)22(23)16(4)26-27-24)20-12-11-19(31-10-3)15-21(20)30-7;1-5-30-20-8-6-19(7-9-20)28-17(3)21-16(2)25-26-23(22(21)18(28)4)24-10-11-27-12-14-29-15-13-27/h10-11,18,22H,6-9,12-17H2,1-5H3;6-8,10-11,13-16H,5,9,12,17H2,1-4H3,(H,27,29);11-12,15H,8-10,13-14H2,1-7H3,(H,25,27);6-9H,5,10-15H2,1-4H3,(H,24,26). The van der Waals surface area contributed by atoms with E-state index < -0.39 is 0 Å². The predicted molar refractivity (Wildman–Crippen MR) is 516 cm³/mol. The molecule has 13 aromatic rings. The van der Waals surface area contributed by atoms with E-state index in [1.165, 1.54) is 101 Å². The number of morpholine rings is 1. The third-order valence-corrected chi connectivity index (χ3v) is 25.3. The smallest absolute Gasteiger partial charge is 0.161 e. The molecule has 0 bridgehead atoms. The maximum atomic E-state index is 5.79. The van der Waals surface area contributed by atoms with Crippen LogP contribution in [0.15, 0.2) is 115 Å². The average molecular weight is 1730 g/mol. The van der Waals surface area contributed by atoms with Crippen LogP contribution in [0.25, 0.3) is 65.8 Å². The number of benzene rings is 5. The Morgan fingerprint density at radius 2 is 0.787 bits per heavy atom. The number of hydrogen-bond donors (Lipinski definition) is 3. The summed E-state index contributed by atoms with van der Waals surface area (Å²) in [6, 6.07) is 39.8. The van der Waals surface area contributed by atoms with Crippen molar-refractivity contribution in [2.75, 3.05) is 160 Å². The molecule has 11 heterocycles. The first-order valence-corrected chi connectivity index (χ1v) is 45.9. The van der Waals surface area contributed by atoms with Crippen LogP contribution in [-0.4, -0.2) is 219 Å². The average Bonchev–Trinajstić information content (AvgIpc) is 1.62. The van der Waals surface area contributed by atoms with Gasteiger partial charge < -0.3 is 82.1 Å². The molecule has 3 aliphatic heterocycles. The molecule has 0 radical (unpaired) electrons. The molecule has 0 unspecified atom stereocenters. The van der Waals surface area contributed by atoms with Crippen molar-refractivity contribution in [1.29, 1.82) is 0 Å². The van der Waals surface area contributed by atoms with E-state index in [9.17, 15) is 0 Å². The summed E-state index contributed by atoms with van der Waals surface area (Å²) in [5, 5.41) is 56.1. The fraction of sp³-hybridized carbons (Fsp3) is 0.465. The van der Waals surface area contributed by atoms with E-state index in [0.29, 0.717) is 32.5 Å². The third kappa shape index (κ3) is 20.8. The van der Waals surface area contributed by atoms with Crippen molar-refractivity contribution in [2.45, 2.75) is 176 Å². The molecule has 0 aliphatic carbocycles. The Labute approximate surface area is 751 Å². The minimum atomic E-state index is 0.618. The van der Waals surface area contributed by atoms with Gasteiger partial charge in [0.1, 0.15) is 34.5 Å². The van der Waals surface area contributed by atoms with Gasteiger partial charge in [-0.1, -0.05) is 50.6 Å². The number of rotatable bonds is 31. The highest BCUT2D eigenvalue weighted by Crippen LogP contribution is 2.43. The zero-order valence-electron chi connectivity index (χ0n) is 78.9. The van der Waals surface area contributed by atoms with Crippen LogP contribution < -0.4 is 49.3 Å². The summed E-state index contributed by atoms with van der Waals surface area (Å²) in [6.07, 6.45) is 8.57. The van der Waals surface area contributed by atoms with Crippen molar-refractivity contribution in [3.63, 3.8) is 0 Å². The number of piperidine rings is 2. The highest BCUT2D eigenvalue weighted by Gasteiger charge is 2.31. The van der Waals surface area contributed by atoms with Gasteiger partial charge >= 0.3 is 0 Å². The van der Waals surface area contributed by atoms with Gasteiger partial charge in [0.15, 0.2) is 23.3 Å². The summed E-state index contributed by atoms with van der Waals surface area (Å²) in [7, 11) is 3.41. The van der Waals surface area contributed by atoms with Gasteiger partial charge in [0, 0.05) is 177 Å². The minimum Gasteiger partial charge on any atom is -0.494 e. The highest BCUT2D eigenvalue weighted by molar-refractivity contribution is 6.02. The van der Waals surface area contributed by atoms with Gasteiger partial charge in [-0.15, -0.1) is 20.4 Å². The lowest BCUT2D eigenvalue weighted by molar-refractivity contribution is 0.0398. The number of methoxy groups -OCH3 is 2. The molecule has 26 nitrogen and oxygen atoms in total. The summed E-state index contributed by atoms with van der Waals surface area (Å²) in [5.74, 6) is 8.52. The third-order valence-electron chi connectivity index (χ3n) is 25.3. The van der Waals surface area contributed by atoms with Crippen molar-refractivity contribution in [3.05, 3.63) is 189 Å². The Hall–Kier alpha value is -11.6. The first-order valence-electron chi connectivity index (χ1n) is 45.9. The molecule has 0 atom stereocenters. The van der Waals surface area contributed by atoms with Crippen molar-refractivity contribution >= 4 is 66.4 Å². The fourth-order valence-electron chi connectivity index (χ4n) is 19.1. The molecular weight excluding hydrogens is 1590 g/mol. The first-order chi connectivity index (χ1) is 61.7. The lowest BCUT2D eigenvalue weighted by atomic mass is 9.99. The molecular formula is C101H135N19O7. The van der Waals surface area contributed by atoms with Crippen LogP contribution >= 0.6 is 0 Å². The molecule has 127 heavy (non-hydrogen) atoms. The van der Waals surface area contributed by atoms with Crippen molar-refractivity contribution in [1.82, 2.24) is 73.8 Å². The number of likely N-dealkylation sites (tertiary alicyclic amines) is 1. The van der Waals surface area contributed by atoms with Crippen LogP contribution in [0, 0.1) is 83.1 Å². The Bertz CT molecular complexity index is 5820. The van der Waals surface area contributed by atoms with Crippen molar-refractivity contribution < 1.29 is 33.2 Å². The highest BCUT2D eigenvalue weighted by atomic mass is 16.5. The number of likely N-dealkylation sites (N-methyl/N-ethyl adjacent to an activating group) is 1. The summed E-state index contributed by atoms with van der Waals surface area (Å²) in [4.78, 5) is 9.99. The number of nitrogens with one attached hydrogen (secondary N) is 3. The van der Waals surface area contributed by atoms with Gasteiger partial charge in [-0.3, -0.25) is 4.90 Å². The van der Waals surface area contributed by atoms with E-state index in [1.807, 2.05) is 103 Å². The van der Waals surface area contributed by atoms with Crippen LogP contribution in [0.3, 0.4) is 0 Å². The second-order valence-corrected chi connectivity index (χ2v) is 33.1. The maximum absolute atomic E-state index is 5.79. The van der Waals surface area contributed by atoms with Crippen LogP contribution in [-0.2, 0) is 11.2 Å². The molecule has 0 spiro atoms. The van der Waals surface area contributed by atoms with Crippen molar-refractivity contribution in [2.24, 2.45) is 0 Å². The van der Waals surface area contributed by atoms with Crippen LogP contribution in [0.1, 0.15) is 154 Å². The first kappa shape index (κ1) is 93.1. The lowest BCUT2D eigenvalue weighted by Crippen LogP contribution is -2.47. The predicted octanol–water partition coefficient (Wildman–Crippen LogP) is 19.0. The molecule has 0 amide bonds. The summed E-state index contributed by atoms with van der Waals surface area (Å²) >= 11 is 0. The molecule has 3 aliphatic rings. The number of fused-ring (bicyclic) bond motifs is 4. The number of ether oxygens (including phenoxy) is 7. The molecule has 16 rings (SSSR count). The van der Waals surface area contributed by atoms with Gasteiger partial charge in [-0.05, 0) is 254 Å². The molecule has 26 heteroatoms. The Kier molecular flexibility index (Phi) is 32.1. The van der Waals surface area contributed by atoms with Gasteiger partial charge in [-0.2, -0.15) is 20.4 Å². The van der Waals surface area contributed by atoms with Crippen LogP contribution in [0.4, 0.5) is 23.3 Å². The molecule has 3 saturated heterocycles.